The molecule has 1 aromatic carbocycles. The van der Waals surface area contributed by atoms with Gasteiger partial charge >= 0.3 is 0 Å². The molecular weight excluding hydrogens is 228 g/mol. The van der Waals surface area contributed by atoms with Crippen molar-refractivity contribution in [2.24, 2.45) is 0 Å². The van der Waals surface area contributed by atoms with E-state index in [9.17, 15) is 4.79 Å². The molecule has 0 saturated carbocycles. The number of hydrogen-bond acceptors (Lipinski definition) is 3. The summed E-state index contributed by atoms with van der Waals surface area (Å²) in [6.45, 7) is 6.98. The molecule has 1 amide bonds. The quantitative estimate of drug-likeness (QED) is 0.814. The van der Waals surface area contributed by atoms with Crippen LogP contribution in [0.25, 0.3) is 0 Å². The number of carbonyl (C=O) groups is 1. The Morgan fingerprint density at radius 2 is 2.11 bits per heavy atom. The zero-order valence-electron chi connectivity index (χ0n) is 11.6. The van der Waals surface area contributed by atoms with Gasteiger partial charge in [-0.25, -0.2) is 0 Å². The van der Waals surface area contributed by atoms with Crippen molar-refractivity contribution in [1.29, 1.82) is 0 Å². The summed E-state index contributed by atoms with van der Waals surface area (Å²) in [5, 5.41) is 0. The molecule has 2 N–H and O–H groups in total. The minimum atomic E-state index is -0.0212. The number of rotatable bonds is 5. The van der Waals surface area contributed by atoms with E-state index in [0.29, 0.717) is 24.4 Å². The molecular formula is C14H22N2O2. The minimum Gasteiger partial charge on any atom is -0.399 e. The highest BCUT2D eigenvalue weighted by Crippen LogP contribution is 2.14. The number of hydrogen-bond donors (Lipinski definition) is 1. The first-order valence-electron chi connectivity index (χ1n) is 6.15. The molecule has 0 aliphatic rings. The van der Waals surface area contributed by atoms with Crippen LogP contribution in [0.15, 0.2) is 18.2 Å². The van der Waals surface area contributed by atoms with Gasteiger partial charge in [0.15, 0.2) is 0 Å². The van der Waals surface area contributed by atoms with E-state index >= 15 is 0 Å². The molecule has 0 bridgehead atoms. The fraction of sp³-hybridized carbons (Fsp3) is 0.500. The van der Waals surface area contributed by atoms with E-state index in [0.717, 1.165) is 5.56 Å². The molecule has 1 rings (SSSR count). The van der Waals surface area contributed by atoms with Crippen LogP contribution in [0.1, 0.15) is 29.8 Å². The van der Waals surface area contributed by atoms with Crippen LogP contribution < -0.4 is 5.73 Å². The minimum absolute atomic E-state index is 0.0212. The second-order valence-corrected chi connectivity index (χ2v) is 4.72. The maximum Gasteiger partial charge on any atom is 0.254 e. The van der Waals surface area contributed by atoms with Gasteiger partial charge in [0.05, 0.1) is 12.7 Å². The topological polar surface area (TPSA) is 55.6 Å². The van der Waals surface area contributed by atoms with Crippen molar-refractivity contribution in [3.8, 4) is 0 Å². The average molecular weight is 250 g/mol. The largest absolute Gasteiger partial charge is 0.399 e. The number of anilines is 1. The Hall–Kier alpha value is -1.55. The molecule has 4 heteroatoms. The van der Waals surface area contributed by atoms with E-state index in [1.165, 1.54) is 0 Å². The summed E-state index contributed by atoms with van der Waals surface area (Å²) in [6.07, 6.45) is 0.183. The highest BCUT2D eigenvalue weighted by Gasteiger charge is 2.14. The van der Waals surface area contributed by atoms with Crippen molar-refractivity contribution in [2.75, 3.05) is 25.9 Å². The molecule has 0 fully saturated rings. The second-order valence-electron chi connectivity index (χ2n) is 4.72. The van der Waals surface area contributed by atoms with Crippen molar-refractivity contribution in [2.45, 2.75) is 26.9 Å². The van der Waals surface area contributed by atoms with Gasteiger partial charge in [-0.15, -0.1) is 0 Å². The highest BCUT2D eigenvalue weighted by molar-refractivity contribution is 5.96. The fourth-order valence-corrected chi connectivity index (χ4v) is 1.60. The van der Waals surface area contributed by atoms with Gasteiger partial charge in [0, 0.05) is 24.8 Å². The van der Waals surface area contributed by atoms with Gasteiger partial charge in [-0.2, -0.15) is 0 Å². The first-order valence-corrected chi connectivity index (χ1v) is 6.15. The van der Waals surface area contributed by atoms with Gasteiger partial charge < -0.3 is 15.4 Å². The third-order valence-corrected chi connectivity index (χ3v) is 2.72. The predicted octanol–water partition coefficient (Wildman–Crippen LogP) is 2.07. The van der Waals surface area contributed by atoms with Gasteiger partial charge in [0.2, 0.25) is 0 Å². The van der Waals surface area contributed by atoms with Crippen molar-refractivity contribution >= 4 is 11.6 Å². The lowest BCUT2D eigenvalue weighted by molar-refractivity contribution is 0.0531. The summed E-state index contributed by atoms with van der Waals surface area (Å²) in [5.74, 6) is -0.0212. The number of amides is 1. The molecule has 4 nitrogen and oxygen atoms in total. The molecule has 0 saturated heterocycles. The molecule has 0 aliphatic heterocycles. The smallest absolute Gasteiger partial charge is 0.254 e. The summed E-state index contributed by atoms with van der Waals surface area (Å²) in [5.41, 5.74) is 7.91. The molecule has 0 aromatic heterocycles. The van der Waals surface area contributed by atoms with Crippen LogP contribution in [-0.2, 0) is 4.74 Å². The van der Waals surface area contributed by atoms with Crippen molar-refractivity contribution in [3.63, 3.8) is 0 Å². The standard InChI is InChI=1S/C14H22N2O2/c1-10(2)18-8-7-16(4)14(17)13-9-12(15)6-5-11(13)3/h5-6,9-10H,7-8,15H2,1-4H3. The number of likely N-dealkylation sites (N-methyl/N-ethyl adjacent to an activating group) is 1. The van der Waals surface area contributed by atoms with Gasteiger partial charge in [0.1, 0.15) is 0 Å². The molecule has 0 heterocycles. The molecule has 1 aromatic rings. The van der Waals surface area contributed by atoms with Crippen LogP contribution in [0, 0.1) is 6.92 Å². The van der Waals surface area contributed by atoms with E-state index in [-0.39, 0.29) is 12.0 Å². The van der Waals surface area contributed by atoms with Crippen LogP contribution in [0.4, 0.5) is 5.69 Å². The van der Waals surface area contributed by atoms with Crippen LogP contribution in [0.5, 0.6) is 0 Å². The fourth-order valence-electron chi connectivity index (χ4n) is 1.60. The zero-order valence-corrected chi connectivity index (χ0v) is 11.6. The van der Waals surface area contributed by atoms with Crippen LogP contribution in [-0.4, -0.2) is 37.1 Å². The first kappa shape index (κ1) is 14.5. The lowest BCUT2D eigenvalue weighted by Gasteiger charge is -2.19. The Kier molecular flexibility index (Phi) is 5.16. The number of nitrogen functional groups attached to an aromatic ring is 1. The van der Waals surface area contributed by atoms with Crippen LogP contribution >= 0.6 is 0 Å². The van der Waals surface area contributed by atoms with Crippen molar-refractivity contribution in [3.05, 3.63) is 29.3 Å². The molecule has 100 valence electrons. The number of carbonyl (C=O) groups excluding carboxylic acids is 1. The van der Waals surface area contributed by atoms with Gasteiger partial charge in [-0.05, 0) is 38.5 Å². The number of nitrogens with two attached hydrogens (primary N) is 1. The molecule has 18 heavy (non-hydrogen) atoms. The predicted molar refractivity (Wildman–Crippen MR) is 73.6 cm³/mol. The van der Waals surface area contributed by atoms with Crippen molar-refractivity contribution < 1.29 is 9.53 Å². The number of aryl methyl sites for hydroxylation is 1. The van der Waals surface area contributed by atoms with E-state index in [1.54, 1.807) is 24.1 Å². The Morgan fingerprint density at radius 3 is 2.72 bits per heavy atom. The summed E-state index contributed by atoms with van der Waals surface area (Å²) < 4.78 is 5.43. The summed E-state index contributed by atoms with van der Waals surface area (Å²) >= 11 is 0. The summed E-state index contributed by atoms with van der Waals surface area (Å²) in [6, 6.07) is 5.38. The monoisotopic (exact) mass is 250 g/mol. The summed E-state index contributed by atoms with van der Waals surface area (Å²) in [7, 11) is 1.77. The molecule has 0 radical (unpaired) electrons. The molecule has 0 aliphatic carbocycles. The normalized spacial score (nSPS) is 10.7. The maximum absolute atomic E-state index is 12.2. The first-order chi connectivity index (χ1) is 8.41. The van der Waals surface area contributed by atoms with E-state index in [2.05, 4.69) is 0 Å². The lowest BCUT2D eigenvalue weighted by Crippen LogP contribution is -2.31. The van der Waals surface area contributed by atoms with Gasteiger partial charge in [-0.1, -0.05) is 6.07 Å². The number of nitrogens with zero attached hydrogens (tertiary/aromatic N) is 1. The Bertz CT molecular complexity index is 416. The van der Waals surface area contributed by atoms with E-state index in [4.69, 9.17) is 10.5 Å². The maximum atomic E-state index is 12.2. The lowest BCUT2D eigenvalue weighted by atomic mass is 10.1. The molecule has 0 atom stereocenters. The summed E-state index contributed by atoms with van der Waals surface area (Å²) in [4.78, 5) is 13.9. The van der Waals surface area contributed by atoms with Crippen molar-refractivity contribution in [1.82, 2.24) is 4.90 Å². The molecule has 0 spiro atoms. The second kappa shape index (κ2) is 6.40. The average Bonchev–Trinajstić information content (AvgIpc) is 2.30. The Labute approximate surface area is 109 Å². The van der Waals surface area contributed by atoms with E-state index < -0.39 is 0 Å². The number of ether oxygens (including phenoxy) is 1. The molecule has 0 unspecified atom stereocenters. The van der Waals surface area contributed by atoms with E-state index in [1.807, 2.05) is 26.8 Å². The highest BCUT2D eigenvalue weighted by atomic mass is 16.5. The Balaban J connectivity index is 2.65. The van der Waals surface area contributed by atoms with Crippen LogP contribution in [0.2, 0.25) is 0 Å². The van der Waals surface area contributed by atoms with Gasteiger partial charge in [-0.3, -0.25) is 4.79 Å². The SMILES string of the molecule is Cc1ccc(N)cc1C(=O)N(C)CCOC(C)C. The number of benzene rings is 1. The van der Waals surface area contributed by atoms with Gasteiger partial charge in [0.25, 0.3) is 5.91 Å². The third kappa shape index (κ3) is 4.04. The third-order valence-electron chi connectivity index (χ3n) is 2.72. The Morgan fingerprint density at radius 1 is 1.44 bits per heavy atom. The van der Waals surface area contributed by atoms with Crippen LogP contribution in [0.3, 0.4) is 0 Å². The zero-order chi connectivity index (χ0) is 13.7.